The fourth-order valence-corrected chi connectivity index (χ4v) is 3.81. The number of esters is 1. The summed E-state index contributed by atoms with van der Waals surface area (Å²) in [5.41, 5.74) is 0.988. The number of hydrogen-bond donors (Lipinski definition) is 1. The fraction of sp³-hybridized carbons (Fsp3) is 0.217. The van der Waals surface area contributed by atoms with Crippen LogP contribution in [0.4, 0.5) is 5.13 Å². The van der Waals surface area contributed by atoms with Crippen molar-refractivity contribution in [3.05, 3.63) is 41.5 Å². The number of hydrogen-bond acceptors (Lipinski definition) is 9. The van der Waals surface area contributed by atoms with E-state index in [0.29, 0.717) is 28.6 Å². The number of ether oxygens (including phenoxy) is 4. The Kier molecular flexibility index (Phi) is 7.48. The van der Waals surface area contributed by atoms with Gasteiger partial charge in [-0.05, 0) is 48.9 Å². The molecule has 170 valence electrons. The Morgan fingerprint density at radius 3 is 2.45 bits per heavy atom. The molecular weight excluding hydrogens is 446 g/mol. The van der Waals surface area contributed by atoms with Gasteiger partial charge < -0.3 is 18.9 Å². The zero-order valence-corrected chi connectivity index (χ0v) is 19.2. The first-order valence-electron chi connectivity index (χ1n) is 9.79. The van der Waals surface area contributed by atoms with Crippen LogP contribution in [0.3, 0.4) is 0 Å². The molecule has 33 heavy (non-hydrogen) atoms. The predicted molar refractivity (Wildman–Crippen MR) is 124 cm³/mol. The maximum Gasteiger partial charge on any atom is 0.308 e. The van der Waals surface area contributed by atoms with Crippen molar-refractivity contribution in [1.82, 2.24) is 4.98 Å². The van der Waals surface area contributed by atoms with Gasteiger partial charge in [0.05, 0.1) is 31.0 Å². The van der Waals surface area contributed by atoms with E-state index in [1.54, 1.807) is 12.1 Å². The maximum absolute atomic E-state index is 12.7. The third-order valence-corrected chi connectivity index (χ3v) is 5.23. The minimum Gasteiger partial charge on any atom is -0.494 e. The van der Waals surface area contributed by atoms with Crippen LogP contribution in [0.5, 0.6) is 23.0 Å². The Labute approximate surface area is 194 Å². The number of nitriles is 1. The molecule has 10 heteroatoms. The molecule has 1 amide bonds. The first-order chi connectivity index (χ1) is 15.9. The molecule has 0 aliphatic rings. The number of amides is 1. The van der Waals surface area contributed by atoms with E-state index in [1.807, 2.05) is 19.1 Å². The smallest absolute Gasteiger partial charge is 0.308 e. The average Bonchev–Trinajstić information content (AvgIpc) is 3.19. The highest BCUT2D eigenvalue weighted by Crippen LogP contribution is 2.39. The normalized spacial score (nSPS) is 10.9. The average molecular weight is 468 g/mol. The van der Waals surface area contributed by atoms with E-state index in [-0.39, 0.29) is 22.8 Å². The number of methoxy groups -OCH3 is 2. The second-order valence-corrected chi connectivity index (χ2v) is 7.58. The van der Waals surface area contributed by atoms with Crippen molar-refractivity contribution in [1.29, 1.82) is 5.26 Å². The summed E-state index contributed by atoms with van der Waals surface area (Å²) in [5, 5.41) is 12.6. The standard InChI is InChI=1S/C23H21N3O6S/c1-5-31-16-6-7-17-20(11-16)33-23(25-17)26-22(28)15(12-24)8-14-9-18(29-3)21(32-13(2)27)19(10-14)30-4/h6-11H,5H2,1-4H3,(H,25,26,28)/b15-8+. The summed E-state index contributed by atoms with van der Waals surface area (Å²) >= 11 is 1.27. The van der Waals surface area contributed by atoms with Gasteiger partial charge in [0, 0.05) is 6.92 Å². The van der Waals surface area contributed by atoms with Gasteiger partial charge in [-0.2, -0.15) is 5.26 Å². The third-order valence-electron chi connectivity index (χ3n) is 4.30. The minimum absolute atomic E-state index is 0.105. The van der Waals surface area contributed by atoms with Gasteiger partial charge in [0.15, 0.2) is 16.6 Å². The number of aromatic nitrogens is 1. The summed E-state index contributed by atoms with van der Waals surface area (Å²) in [4.78, 5) is 28.5. The number of fused-ring (bicyclic) bond motifs is 1. The van der Waals surface area contributed by atoms with Gasteiger partial charge in [0.1, 0.15) is 17.4 Å². The van der Waals surface area contributed by atoms with Gasteiger partial charge in [-0.25, -0.2) is 4.98 Å². The van der Waals surface area contributed by atoms with E-state index in [1.165, 1.54) is 50.7 Å². The number of nitrogens with zero attached hydrogens (tertiary/aromatic N) is 2. The largest absolute Gasteiger partial charge is 0.494 e. The molecule has 0 aliphatic heterocycles. The number of thiazole rings is 1. The zero-order valence-electron chi connectivity index (χ0n) is 18.4. The van der Waals surface area contributed by atoms with Crippen LogP contribution in [-0.4, -0.2) is 37.7 Å². The number of nitrogens with one attached hydrogen (secondary N) is 1. The summed E-state index contributed by atoms with van der Waals surface area (Å²) in [7, 11) is 2.80. The summed E-state index contributed by atoms with van der Waals surface area (Å²) in [6.45, 7) is 3.69. The van der Waals surface area contributed by atoms with Crippen LogP contribution in [-0.2, 0) is 9.59 Å². The Hall–Kier alpha value is -4.10. The molecule has 0 saturated heterocycles. The van der Waals surface area contributed by atoms with Crippen molar-refractivity contribution >= 4 is 44.6 Å². The molecule has 0 saturated carbocycles. The second kappa shape index (κ2) is 10.5. The molecule has 0 atom stereocenters. The van der Waals surface area contributed by atoms with E-state index in [9.17, 15) is 14.9 Å². The van der Waals surface area contributed by atoms with Crippen molar-refractivity contribution in [2.75, 3.05) is 26.1 Å². The molecule has 1 heterocycles. The number of rotatable bonds is 8. The van der Waals surface area contributed by atoms with Crippen LogP contribution in [0.15, 0.2) is 35.9 Å². The lowest BCUT2D eigenvalue weighted by Gasteiger charge is -2.13. The van der Waals surface area contributed by atoms with E-state index in [2.05, 4.69) is 10.3 Å². The lowest BCUT2D eigenvalue weighted by Crippen LogP contribution is -2.13. The highest BCUT2D eigenvalue weighted by atomic mass is 32.1. The lowest BCUT2D eigenvalue weighted by atomic mass is 10.1. The van der Waals surface area contributed by atoms with Crippen LogP contribution in [0.25, 0.3) is 16.3 Å². The number of carbonyl (C=O) groups excluding carboxylic acids is 2. The van der Waals surface area contributed by atoms with E-state index in [0.717, 1.165) is 4.70 Å². The van der Waals surface area contributed by atoms with Crippen LogP contribution in [0.1, 0.15) is 19.4 Å². The van der Waals surface area contributed by atoms with Gasteiger partial charge in [0.25, 0.3) is 5.91 Å². The summed E-state index contributed by atoms with van der Waals surface area (Å²) in [6, 6.07) is 10.4. The van der Waals surface area contributed by atoms with Crippen LogP contribution >= 0.6 is 11.3 Å². The molecule has 0 fully saturated rings. The van der Waals surface area contributed by atoms with Crippen molar-refractivity contribution in [2.45, 2.75) is 13.8 Å². The quantitative estimate of drug-likeness (QED) is 0.227. The van der Waals surface area contributed by atoms with Crippen molar-refractivity contribution in [2.24, 2.45) is 0 Å². The van der Waals surface area contributed by atoms with E-state index >= 15 is 0 Å². The maximum atomic E-state index is 12.7. The Balaban J connectivity index is 1.88. The van der Waals surface area contributed by atoms with E-state index in [4.69, 9.17) is 18.9 Å². The van der Waals surface area contributed by atoms with Crippen LogP contribution < -0.4 is 24.3 Å². The van der Waals surface area contributed by atoms with Gasteiger partial charge >= 0.3 is 5.97 Å². The molecule has 3 aromatic rings. The second-order valence-electron chi connectivity index (χ2n) is 6.55. The third kappa shape index (κ3) is 5.58. The molecule has 9 nitrogen and oxygen atoms in total. The van der Waals surface area contributed by atoms with Crippen molar-refractivity contribution < 1.29 is 28.5 Å². The topological polar surface area (TPSA) is 120 Å². The van der Waals surface area contributed by atoms with Crippen LogP contribution in [0.2, 0.25) is 0 Å². The minimum atomic E-state index is -0.622. The number of carbonyl (C=O) groups is 2. The zero-order chi connectivity index (χ0) is 24.0. The predicted octanol–water partition coefficient (Wildman–Crippen LogP) is 4.18. The highest BCUT2D eigenvalue weighted by molar-refractivity contribution is 7.22. The molecule has 0 radical (unpaired) electrons. The van der Waals surface area contributed by atoms with Gasteiger partial charge in [-0.15, -0.1) is 0 Å². The monoisotopic (exact) mass is 467 g/mol. The Morgan fingerprint density at radius 2 is 1.88 bits per heavy atom. The number of anilines is 1. The first-order valence-corrected chi connectivity index (χ1v) is 10.6. The summed E-state index contributed by atoms with van der Waals surface area (Å²) in [5.74, 6) is 0.0760. The SMILES string of the molecule is CCOc1ccc2nc(NC(=O)/C(C#N)=C/c3cc(OC)c(OC(C)=O)c(OC)c3)sc2c1. The van der Waals surface area contributed by atoms with E-state index < -0.39 is 11.9 Å². The first kappa shape index (κ1) is 23.6. The lowest BCUT2D eigenvalue weighted by molar-refractivity contribution is -0.132. The molecule has 0 bridgehead atoms. The molecule has 3 rings (SSSR count). The molecular formula is C23H21N3O6S. The molecule has 0 spiro atoms. The number of benzene rings is 2. The fourth-order valence-electron chi connectivity index (χ4n) is 2.92. The molecule has 0 aliphatic carbocycles. The molecule has 1 aromatic heterocycles. The van der Waals surface area contributed by atoms with Gasteiger partial charge in [-0.1, -0.05) is 11.3 Å². The highest BCUT2D eigenvalue weighted by Gasteiger charge is 2.18. The Bertz CT molecular complexity index is 1250. The molecule has 2 aromatic carbocycles. The Morgan fingerprint density at radius 1 is 1.18 bits per heavy atom. The van der Waals surface area contributed by atoms with Crippen molar-refractivity contribution in [3.63, 3.8) is 0 Å². The van der Waals surface area contributed by atoms with Gasteiger partial charge in [0.2, 0.25) is 5.75 Å². The van der Waals surface area contributed by atoms with Crippen LogP contribution in [0, 0.1) is 11.3 Å². The molecule has 0 unspecified atom stereocenters. The molecule has 1 N–H and O–H groups in total. The summed E-state index contributed by atoms with van der Waals surface area (Å²) < 4.78 is 22.0. The van der Waals surface area contributed by atoms with Crippen molar-refractivity contribution in [3.8, 4) is 29.1 Å². The van der Waals surface area contributed by atoms with Gasteiger partial charge in [-0.3, -0.25) is 14.9 Å². The summed E-state index contributed by atoms with van der Waals surface area (Å²) in [6.07, 6.45) is 1.37.